The Morgan fingerprint density at radius 2 is 1.95 bits per heavy atom. The van der Waals surface area contributed by atoms with Gasteiger partial charge in [0, 0.05) is 45.9 Å². The van der Waals surface area contributed by atoms with Gasteiger partial charge >= 0.3 is 0 Å². The monoisotopic (exact) mass is 284 g/mol. The average Bonchev–Trinajstić information content (AvgIpc) is 2.46. The number of ether oxygens (including phenoxy) is 1. The number of hydrogen-bond donors (Lipinski definition) is 1. The summed E-state index contributed by atoms with van der Waals surface area (Å²) in [6, 6.07) is 0.617. The number of nitrogens with zero attached hydrogens (tertiary/aromatic N) is 2. The Balaban J connectivity index is 1.83. The van der Waals surface area contributed by atoms with E-state index in [1.165, 1.54) is 25.7 Å². The molecule has 1 N–H and O–H groups in total. The molecule has 2 aliphatic rings. The third-order valence-electron chi connectivity index (χ3n) is 5.04. The lowest BCUT2D eigenvalue weighted by Gasteiger charge is -2.44. The Hall–Kier alpha value is -0.160. The van der Waals surface area contributed by atoms with Crippen LogP contribution in [0.3, 0.4) is 0 Å². The fourth-order valence-electron chi connectivity index (χ4n) is 3.78. The van der Waals surface area contributed by atoms with Crippen molar-refractivity contribution in [2.45, 2.75) is 57.1 Å². The van der Waals surface area contributed by atoms with Crippen LogP contribution in [0.4, 0.5) is 0 Å². The second kappa shape index (κ2) is 7.74. The van der Waals surface area contributed by atoms with Gasteiger partial charge in [-0.2, -0.15) is 0 Å². The molecule has 0 bridgehead atoms. The smallest absolute Gasteiger partial charge is 0.0774 e. The molecule has 0 spiro atoms. The van der Waals surface area contributed by atoms with E-state index in [9.17, 15) is 5.11 Å². The predicted octanol–water partition coefficient (Wildman–Crippen LogP) is 1.72. The van der Waals surface area contributed by atoms with Gasteiger partial charge < -0.3 is 9.84 Å². The fourth-order valence-corrected chi connectivity index (χ4v) is 3.78. The maximum absolute atomic E-state index is 10.7. The molecule has 1 heterocycles. The summed E-state index contributed by atoms with van der Waals surface area (Å²) in [5, 5.41) is 10.7. The molecule has 0 amide bonds. The predicted molar refractivity (Wildman–Crippen MR) is 82.0 cm³/mol. The van der Waals surface area contributed by atoms with E-state index in [2.05, 4.69) is 16.7 Å². The van der Waals surface area contributed by atoms with Gasteiger partial charge in [0.1, 0.15) is 0 Å². The van der Waals surface area contributed by atoms with Crippen molar-refractivity contribution in [1.29, 1.82) is 0 Å². The molecular formula is C16H32N2O2. The summed E-state index contributed by atoms with van der Waals surface area (Å²) >= 11 is 0. The largest absolute Gasteiger partial charge is 0.389 e. The van der Waals surface area contributed by atoms with Gasteiger partial charge in [-0.15, -0.1) is 0 Å². The highest BCUT2D eigenvalue weighted by Gasteiger charge is 2.34. The number of hydrogen-bond acceptors (Lipinski definition) is 4. The zero-order chi connectivity index (χ0) is 14.4. The molecule has 1 aliphatic heterocycles. The first-order chi connectivity index (χ1) is 9.67. The van der Waals surface area contributed by atoms with E-state index in [0.717, 1.165) is 52.2 Å². The van der Waals surface area contributed by atoms with Crippen molar-refractivity contribution < 1.29 is 9.84 Å². The molecule has 0 unspecified atom stereocenters. The van der Waals surface area contributed by atoms with Crippen LogP contribution in [0.1, 0.15) is 45.4 Å². The molecule has 2 rings (SSSR count). The summed E-state index contributed by atoms with van der Waals surface area (Å²) in [6.45, 7) is 8.29. The zero-order valence-electron chi connectivity index (χ0n) is 13.3. The molecule has 1 aliphatic carbocycles. The lowest BCUT2D eigenvalue weighted by atomic mass is 9.84. The van der Waals surface area contributed by atoms with E-state index in [4.69, 9.17) is 4.74 Å². The van der Waals surface area contributed by atoms with E-state index in [-0.39, 0.29) is 0 Å². The SMILES string of the molecule is CC[C@H]1CN(CC2(O)CCCCC2)CCN1CCOC. The molecule has 0 aromatic heterocycles. The Bertz CT molecular complexity index is 280. The molecule has 2 fully saturated rings. The Labute approximate surface area is 124 Å². The van der Waals surface area contributed by atoms with Gasteiger partial charge in [0.15, 0.2) is 0 Å². The fraction of sp³-hybridized carbons (Fsp3) is 1.00. The van der Waals surface area contributed by atoms with Crippen molar-refractivity contribution in [2.24, 2.45) is 0 Å². The van der Waals surface area contributed by atoms with Crippen molar-refractivity contribution in [1.82, 2.24) is 9.80 Å². The van der Waals surface area contributed by atoms with Gasteiger partial charge in [0.25, 0.3) is 0 Å². The van der Waals surface area contributed by atoms with E-state index in [1.807, 2.05) is 0 Å². The molecule has 1 saturated carbocycles. The molecule has 1 atom stereocenters. The van der Waals surface area contributed by atoms with Crippen LogP contribution in [0.5, 0.6) is 0 Å². The van der Waals surface area contributed by atoms with Crippen LogP contribution in [0, 0.1) is 0 Å². The second-order valence-corrected chi connectivity index (χ2v) is 6.61. The molecule has 4 heteroatoms. The third-order valence-corrected chi connectivity index (χ3v) is 5.04. The number of rotatable bonds is 6. The quantitative estimate of drug-likeness (QED) is 0.806. The minimum atomic E-state index is -0.411. The van der Waals surface area contributed by atoms with E-state index in [0.29, 0.717) is 6.04 Å². The van der Waals surface area contributed by atoms with Gasteiger partial charge in [-0.05, 0) is 19.3 Å². The minimum Gasteiger partial charge on any atom is -0.389 e. The molecular weight excluding hydrogens is 252 g/mol. The highest BCUT2D eigenvalue weighted by atomic mass is 16.5. The van der Waals surface area contributed by atoms with Gasteiger partial charge in [-0.3, -0.25) is 9.80 Å². The Kier molecular flexibility index (Phi) is 6.27. The summed E-state index contributed by atoms with van der Waals surface area (Å²) in [4.78, 5) is 5.04. The second-order valence-electron chi connectivity index (χ2n) is 6.61. The van der Waals surface area contributed by atoms with Crippen LogP contribution >= 0.6 is 0 Å². The van der Waals surface area contributed by atoms with E-state index < -0.39 is 5.60 Å². The summed E-state index contributed by atoms with van der Waals surface area (Å²) in [5.41, 5.74) is -0.411. The normalized spacial score (nSPS) is 28.6. The lowest BCUT2D eigenvalue weighted by Crippen LogP contribution is -2.57. The lowest BCUT2D eigenvalue weighted by molar-refractivity contribution is -0.0459. The summed E-state index contributed by atoms with van der Waals surface area (Å²) in [6.07, 6.45) is 6.85. The first-order valence-electron chi connectivity index (χ1n) is 8.34. The summed E-state index contributed by atoms with van der Waals surface area (Å²) in [5.74, 6) is 0. The molecule has 20 heavy (non-hydrogen) atoms. The van der Waals surface area contributed by atoms with Crippen LogP contribution in [0.25, 0.3) is 0 Å². The van der Waals surface area contributed by atoms with Crippen molar-refractivity contribution in [3.63, 3.8) is 0 Å². The Morgan fingerprint density at radius 1 is 1.20 bits per heavy atom. The molecule has 4 nitrogen and oxygen atoms in total. The molecule has 0 aromatic carbocycles. The van der Waals surface area contributed by atoms with Gasteiger partial charge in [0.05, 0.1) is 12.2 Å². The third kappa shape index (κ3) is 4.42. The first kappa shape index (κ1) is 16.2. The maximum Gasteiger partial charge on any atom is 0.0774 e. The molecule has 0 radical (unpaired) electrons. The highest BCUT2D eigenvalue weighted by molar-refractivity contribution is 4.89. The standard InChI is InChI=1S/C16H32N2O2/c1-3-15-13-17(9-10-18(15)11-12-20-2)14-16(19)7-5-4-6-8-16/h15,19H,3-14H2,1-2H3/t15-/m0/s1. The van der Waals surface area contributed by atoms with Crippen LogP contribution < -0.4 is 0 Å². The summed E-state index contributed by atoms with van der Waals surface area (Å²) < 4.78 is 5.21. The first-order valence-corrected chi connectivity index (χ1v) is 8.34. The number of aliphatic hydroxyl groups is 1. The minimum absolute atomic E-state index is 0.411. The van der Waals surface area contributed by atoms with Crippen molar-refractivity contribution >= 4 is 0 Å². The van der Waals surface area contributed by atoms with Crippen LogP contribution in [-0.4, -0.2) is 73.0 Å². The van der Waals surface area contributed by atoms with E-state index >= 15 is 0 Å². The van der Waals surface area contributed by atoms with Gasteiger partial charge in [-0.25, -0.2) is 0 Å². The number of methoxy groups -OCH3 is 1. The zero-order valence-corrected chi connectivity index (χ0v) is 13.3. The van der Waals surface area contributed by atoms with Crippen molar-refractivity contribution in [2.75, 3.05) is 46.4 Å². The molecule has 0 aromatic rings. The van der Waals surface area contributed by atoms with Crippen LogP contribution in [0.2, 0.25) is 0 Å². The highest BCUT2D eigenvalue weighted by Crippen LogP contribution is 2.29. The van der Waals surface area contributed by atoms with Crippen LogP contribution in [0.15, 0.2) is 0 Å². The van der Waals surface area contributed by atoms with Gasteiger partial charge in [0.2, 0.25) is 0 Å². The van der Waals surface area contributed by atoms with Gasteiger partial charge in [-0.1, -0.05) is 26.2 Å². The number of β-amino-alcohol motifs (C(OH)–C–C–N with tert-alkyl or cyclic N) is 1. The van der Waals surface area contributed by atoms with Crippen LogP contribution in [-0.2, 0) is 4.74 Å². The van der Waals surface area contributed by atoms with Crippen molar-refractivity contribution in [3.8, 4) is 0 Å². The number of piperazine rings is 1. The average molecular weight is 284 g/mol. The molecule has 1 saturated heterocycles. The van der Waals surface area contributed by atoms with Crippen molar-refractivity contribution in [3.05, 3.63) is 0 Å². The summed E-state index contributed by atoms with van der Waals surface area (Å²) in [7, 11) is 1.77. The van der Waals surface area contributed by atoms with E-state index in [1.54, 1.807) is 7.11 Å². The topological polar surface area (TPSA) is 35.9 Å². The molecule has 118 valence electrons. The maximum atomic E-state index is 10.7. The Morgan fingerprint density at radius 3 is 2.60 bits per heavy atom.